The number of nitrogens with zero attached hydrogens (tertiary/aromatic N) is 4. The van der Waals surface area contributed by atoms with Gasteiger partial charge in [-0.3, -0.25) is 9.78 Å². The van der Waals surface area contributed by atoms with Crippen LogP contribution in [0.1, 0.15) is 43.5 Å². The number of aliphatic hydroxyl groups is 1. The maximum atomic E-state index is 13.1. The van der Waals surface area contributed by atoms with Crippen LogP contribution in [0.5, 0.6) is 0 Å². The van der Waals surface area contributed by atoms with Crippen LogP contribution >= 0.6 is 0 Å². The average Bonchev–Trinajstić information content (AvgIpc) is 3.52. The Hall–Kier alpha value is -3.46. The lowest BCUT2D eigenvalue weighted by molar-refractivity contribution is -0.117. The molecule has 1 amide bonds. The fourth-order valence-electron chi connectivity index (χ4n) is 3.38. The fourth-order valence-corrected chi connectivity index (χ4v) is 3.38. The monoisotopic (exact) mass is 436 g/mol. The van der Waals surface area contributed by atoms with Gasteiger partial charge in [0.1, 0.15) is 24.1 Å². The molecular weight excluding hydrogens is 411 g/mol. The van der Waals surface area contributed by atoms with Gasteiger partial charge in [0.2, 0.25) is 5.91 Å². The van der Waals surface area contributed by atoms with Crippen molar-refractivity contribution in [2.45, 2.75) is 45.4 Å². The van der Waals surface area contributed by atoms with E-state index in [0.717, 1.165) is 17.7 Å². The van der Waals surface area contributed by atoms with E-state index in [9.17, 15) is 14.3 Å². The van der Waals surface area contributed by atoms with E-state index in [4.69, 9.17) is 0 Å². The van der Waals surface area contributed by atoms with Crippen molar-refractivity contribution in [2.24, 2.45) is 5.92 Å². The van der Waals surface area contributed by atoms with Gasteiger partial charge in [-0.15, -0.1) is 0 Å². The highest BCUT2D eigenvalue weighted by molar-refractivity contribution is 5.94. The summed E-state index contributed by atoms with van der Waals surface area (Å²) in [6.45, 7) is 3.95. The van der Waals surface area contributed by atoms with Crippen molar-refractivity contribution in [2.75, 3.05) is 10.6 Å². The first-order valence-corrected chi connectivity index (χ1v) is 10.6. The van der Waals surface area contributed by atoms with Gasteiger partial charge in [-0.2, -0.15) is 0 Å². The van der Waals surface area contributed by atoms with Crippen molar-refractivity contribution in [3.63, 3.8) is 0 Å². The first-order valence-electron chi connectivity index (χ1n) is 10.6. The fraction of sp³-hybridized carbons (Fsp3) is 0.348. The Kier molecular flexibility index (Phi) is 6.36. The zero-order valence-corrected chi connectivity index (χ0v) is 17.9. The van der Waals surface area contributed by atoms with Gasteiger partial charge in [-0.25, -0.2) is 19.3 Å². The van der Waals surface area contributed by atoms with Crippen molar-refractivity contribution in [3.8, 4) is 11.3 Å². The van der Waals surface area contributed by atoms with E-state index in [2.05, 4.69) is 30.6 Å². The summed E-state index contributed by atoms with van der Waals surface area (Å²) < 4.78 is 13.1. The number of carbonyl (C=O) groups excluding carboxylic acids is 1. The number of anilines is 3. The summed E-state index contributed by atoms with van der Waals surface area (Å²) in [4.78, 5) is 29.2. The number of carbonyl (C=O) groups is 1. The van der Waals surface area contributed by atoms with Gasteiger partial charge in [0.05, 0.1) is 35.3 Å². The number of aryl methyl sites for hydroxylation is 1. The van der Waals surface area contributed by atoms with Crippen molar-refractivity contribution in [1.82, 2.24) is 19.9 Å². The number of halogens is 1. The molecule has 166 valence electrons. The number of rotatable bonds is 8. The Morgan fingerprint density at radius 2 is 2.09 bits per heavy atom. The minimum Gasteiger partial charge on any atom is -0.387 e. The highest BCUT2D eigenvalue weighted by Crippen LogP contribution is 2.35. The van der Waals surface area contributed by atoms with Gasteiger partial charge in [0.15, 0.2) is 0 Å². The van der Waals surface area contributed by atoms with Gasteiger partial charge >= 0.3 is 0 Å². The Labute approximate surface area is 185 Å². The van der Waals surface area contributed by atoms with Gasteiger partial charge in [-0.05, 0) is 43.5 Å². The number of aliphatic hydroxyl groups excluding tert-OH is 1. The van der Waals surface area contributed by atoms with Crippen LogP contribution in [0.3, 0.4) is 0 Å². The van der Waals surface area contributed by atoms with E-state index in [1.165, 1.54) is 6.33 Å². The summed E-state index contributed by atoms with van der Waals surface area (Å²) in [6.07, 6.45) is 4.80. The normalized spacial score (nSPS) is 18.1. The molecule has 4 rings (SSSR count). The lowest BCUT2D eigenvalue weighted by Crippen LogP contribution is -2.16. The molecule has 32 heavy (non-hydrogen) atoms. The predicted octanol–water partition coefficient (Wildman–Crippen LogP) is 4.12. The second-order valence-electron chi connectivity index (χ2n) is 7.89. The Morgan fingerprint density at radius 1 is 1.28 bits per heavy atom. The Bertz CT molecular complexity index is 1130. The van der Waals surface area contributed by atoms with Crippen LogP contribution in [-0.2, 0) is 4.79 Å². The van der Waals surface area contributed by atoms with Crippen LogP contribution in [0.15, 0.2) is 43.0 Å². The molecule has 3 unspecified atom stereocenters. The molecule has 3 atom stereocenters. The highest BCUT2D eigenvalue weighted by atomic mass is 19.1. The average molecular weight is 436 g/mol. The lowest BCUT2D eigenvalue weighted by atomic mass is 10.1. The zero-order valence-electron chi connectivity index (χ0n) is 17.9. The summed E-state index contributed by atoms with van der Waals surface area (Å²) in [5.74, 6) is -0.112. The Balaban J connectivity index is 1.56. The predicted molar refractivity (Wildman–Crippen MR) is 119 cm³/mol. The molecule has 3 heterocycles. The molecule has 1 aliphatic rings. The molecule has 0 aliphatic heterocycles. The molecule has 1 fully saturated rings. The van der Waals surface area contributed by atoms with Crippen molar-refractivity contribution >= 4 is 23.2 Å². The molecule has 0 spiro atoms. The lowest BCUT2D eigenvalue weighted by Gasteiger charge is -2.15. The van der Waals surface area contributed by atoms with Gasteiger partial charge in [-0.1, -0.05) is 13.3 Å². The SMILES string of the molecule is CCCC(O)c1cc(C)c(Nc2ncccc2-c2cc(NC(=O)C3CC3F)ncn2)cn1. The van der Waals surface area contributed by atoms with Gasteiger partial charge < -0.3 is 15.7 Å². The van der Waals surface area contributed by atoms with E-state index in [-0.39, 0.29) is 12.3 Å². The smallest absolute Gasteiger partial charge is 0.231 e. The van der Waals surface area contributed by atoms with E-state index < -0.39 is 18.2 Å². The number of aromatic nitrogens is 4. The molecular formula is C23H25FN6O2. The molecule has 9 heteroatoms. The maximum absolute atomic E-state index is 13.1. The van der Waals surface area contributed by atoms with Gasteiger partial charge in [0.25, 0.3) is 0 Å². The quantitative estimate of drug-likeness (QED) is 0.487. The molecule has 8 nitrogen and oxygen atoms in total. The third-order valence-electron chi connectivity index (χ3n) is 5.34. The van der Waals surface area contributed by atoms with Crippen molar-refractivity contribution in [1.29, 1.82) is 0 Å². The number of nitrogens with one attached hydrogen (secondary N) is 2. The van der Waals surface area contributed by atoms with Crippen LogP contribution in [-0.4, -0.2) is 37.1 Å². The topological polar surface area (TPSA) is 113 Å². The second kappa shape index (κ2) is 9.35. The van der Waals surface area contributed by atoms with E-state index >= 15 is 0 Å². The molecule has 3 N–H and O–H groups in total. The van der Waals surface area contributed by atoms with Crippen LogP contribution < -0.4 is 10.6 Å². The molecule has 3 aromatic heterocycles. The van der Waals surface area contributed by atoms with Crippen LogP contribution in [0, 0.1) is 12.8 Å². The van der Waals surface area contributed by atoms with Gasteiger partial charge in [0, 0.05) is 17.8 Å². The summed E-state index contributed by atoms with van der Waals surface area (Å²) >= 11 is 0. The Morgan fingerprint density at radius 3 is 2.81 bits per heavy atom. The summed E-state index contributed by atoms with van der Waals surface area (Å²) in [5.41, 5.74) is 3.57. The van der Waals surface area contributed by atoms with Crippen LogP contribution in [0.4, 0.5) is 21.7 Å². The molecule has 0 bridgehead atoms. The molecule has 0 saturated heterocycles. The van der Waals surface area contributed by atoms with Crippen molar-refractivity contribution in [3.05, 3.63) is 54.2 Å². The third kappa shape index (κ3) is 4.88. The van der Waals surface area contributed by atoms with E-state index in [1.807, 2.05) is 26.0 Å². The number of amides is 1. The zero-order chi connectivity index (χ0) is 22.7. The van der Waals surface area contributed by atoms with Crippen molar-refractivity contribution < 1.29 is 14.3 Å². The minimum atomic E-state index is -1.07. The number of pyridine rings is 2. The van der Waals surface area contributed by atoms with E-state index in [0.29, 0.717) is 35.0 Å². The summed E-state index contributed by atoms with van der Waals surface area (Å²) in [6, 6.07) is 7.13. The summed E-state index contributed by atoms with van der Waals surface area (Å²) in [7, 11) is 0. The number of hydrogen-bond acceptors (Lipinski definition) is 7. The molecule has 3 aromatic rings. The molecule has 1 aliphatic carbocycles. The minimum absolute atomic E-state index is 0.252. The number of hydrogen-bond donors (Lipinski definition) is 3. The summed E-state index contributed by atoms with van der Waals surface area (Å²) in [5, 5.41) is 16.1. The molecule has 0 aromatic carbocycles. The molecule has 0 radical (unpaired) electrons. The molecule has 1 saturated carbocycles. The second-order valence-corrected chi connectivity index (χ2v) is 7.89. The van der Waals surface area contributed by atoms with Crippen LogP contribution in [0.2, 0.25) is 0 Å². The standard InChI is InChI=1S/C23H25FN6O2/c1-3-5-20(31)18-8-13(2)19(11-26-18)29-22-14(6-4-7-25-22)17-10-21(28-12-27-17)30-23(32)15-9-16(15)24/h4,6-8,10-12,15-16,20,31H,3,5,9H2,1-2H3,(H,25,29)(H,27,28,30,32). The first kappa shape index (κ1) is 21.8. The van der Waals surface area contributed by atoms with Crippen LogP contribution in [0.25, 0.3) is 11.3 Å². The number of alkyl halides is 1. The van der Waals surface area contributed by atoms with E-state index in [1.54, 1.807) is 24.5 Å². The first-order chi connectivity index (χ1) is 15.5. The largest absolute Gasteiger partial charge is 0.387 e. The highest BCUT2D eigenvalue weighted by Gasteiger charge is 2.43. The third-order valence-corrected chi connectivity index (χ3v) is 5.34. The maximum Gasteiger partial charge on any atom is 0.231 e.